The summed E-state index contributed by atoms with van der Waals surface area (Å²) in [6.07, 6.45) is 6.20. The van der Waals surface area contributed by atoms with E-state index in [1.54, 1.807) is 12.1 Å². The van der Waals surface area contributed by atoms with Crippen LogP contribution in [-0.4, -0.2) is 34.1 Å². The summed E-state index contributed by atoms with van der Waals surface area (Å²) in [4.78, 5) is 12.6. The normalized spacial score (nSPS) is 16.5. The quantitative estimate of drug-likeness (QED) is 0.642. The first kappa shape index (κ1) is 14.9. The number of hydrogen-bond acceptors (Lipinski definition) is 4. The Morgan fingerprint density at radius 2 is 1.85 bits per heavy atom. The Morgan fingerprint density at radius 3 is 2.40 bits per heavy atom. The lowest BCUT2D eigenvalue weighted by atomic mass is 9.94. The molecule has 0 saturated heterocycles. The van der Waals surface area contributed by atoms with Crippen molar-refractivity contribution in [3.63, 3.8) is 0 Å². The number of hydrogen-bond donors (Lipinski definition) is 1. The van der Waals surface area contributed by atoms with E-state index in [1.807, 2.05) is 12.1 Å². The average Bonchev–Trinajstić information content (AvgIpc) is 2.48. The third-order valence-corrected chi connectivity index (χ3v) is 4.01. The highest BCUT2D eigenvalue weighted by molar-refractivity contribution is 5.32. The van der Waals surface area contributed by atoms with Gasteiger partial charge in [-0.1, -0.05) is 31.4 Å². The predicted molar refractivity (Wildman–Crippen MR) is 77.5 cm³/mol. The summed E-state index contributed by atoms with van der Waals surface area (Å²) in [7, 11) is 0. The monoisotopic (exact) mass is 278 g/mol. The number of non-ortho nitro benzene ring substituents is 1. The van der Waals surface area contributed by atoms with Crippen molar-refractivity contribution in [1.82, 2.24) is 4.90 Å². The Kier molecular flexibility index (Phi) is 5.49. The first-order valence-electron chi connectivity index (χ1n) is 7.29. The maximum absolute atomic E-state index is 10.6. The number of aliphatic hydroxyl groups excluding tert-OH is 1. The summed E-state index contributed by atoms with van der Waals surface area (Å²) >= 11 is 0. The van der Waals surface area contributed by atoms with Gasteiger partial charge in [-0.15, -0.1) is 0 Å². The zero-order chi connectivity index (χ0) is 14.4. The van der Waals surface area contributed by atoms with Crippen LogP contribution in [0, 0.1) is 10.1 Å². The van der Waals surface area contributed by atoms with Crippen LogP contribution in [0.15, 0.2) is 24.3 Å². The summed E-state index contributed by atoms with van der Waals surface area (Å²) < 4.78 is 0. The van der Waals surface area contributed by atoms with Crippen LogP contribution in [0.4, 0.5) is 5.69 Å². The van der Waals surface area contributed by atoms with E-state index in [4.69, 9.17) is 0 Å². The average molecular weight is 278 g/mol. The summed E-state index contributed by atoms with van der Waals surface area (Å²) in [5.41, 5.74) is 1.19. The van der Waals surface area contributed by atoms with Gasteiger partial charge in [0.15, 0.2) is 0 Å². The van der Waals surface area contributed by atoms with Crippen LogP contribution in [-0.2, 0) is 6.54 Å². The lowest BCUT2D eigenvalue weighted by Gasteiger charge is -2.34. The SMILES string of the molecule is O=[N+]([O-])c1ccc(CN(CCO)C2CCCCC2)cc1. The van der Waals surface area contributed by atoms with E-state index in [1.165, 1.54) is 32.1 Å². The maximum atomic E-state index is 10.6. The van der Waals surface area contributed by atoms with Gasteiger partial charge in [-0.3, -0.25) is 15.0 Å². The molecule has 0 heterocycles. The minimum Gasteiger partial charge on any atom is -0.395 e. The van der Waals surface area contributed by atoms with Crippen molar-refractivity contribution >= 4 is 5.69 Å². The van der Waals surface area contributed by atoms with Gasteiger partial charge in [0, 0.05) is 31.3 Å². The highest BCUT2D eigenvalue weighted by Gasteiger charge is 2.20. The molecule has 0 aromatic heterocycles. The molecule has 5 heteroatoms. The Bertz CT molecular complexity index is 427. The van der Waals surface area contributed by atoms with E-state index in [0.29, 0.717) is 12.6 Å². The molecule has 1 aliphatic rings. The minimum absolute atomic E-state index is 0.125. The van der Waals surface area contributed by atoms with Crippen molar-refractivity contribution < 1.29 is 10.0 Å². The summed E-state index contributed by atoms with van der Waals surface area (Å²) in [6, 6.07) is 7.25. The zero-order valence-electron chi connectivity index (χ0n) is 11.7. The lowest BCUT2D eigenvalue weighted by Crippen LogP contribution is -2.38. The Hall–Kier alpha value is -1.46. The molecule has 0 unspecified atom stereocenters. The molecule has 1 aliphatic carbocycles. The third kappa shape index (κ3) is 4.02. The second-order valence-corrected chi connectivity index (χ2v) is 5.41. The highest BCUT2D eigenvalue weighted by atomic mass is 16.6. The van der Waals surface area contributed by atoms with E-state index < -0.39 is 0 Å². The molecule has 0 radical (unpaired) electrons. The fourth-order valence-corrected chi connectivity index (χ4v) is 2.92. The van der Waals surface area contributed by atoms with E-state index in [0.717, 1.165) is 12.1 Å². The Morgan fingerprint density at radius 1 is 1.20 bits per heavy atom. The Labute approximate surface area is 119 Å². The van der Waals surface area contributed by atoms with E-state index >= 15 is 0 Å². The van der Waals surface area contributed by atoms with Gasteiger partial charge in [0.2, 0.25) is 0 Å². The van der Waals surface area contributed by atoms with Gasteiger partial charge in [0.05, 0.1) is 11.5 Å². The Balaban J connectivity index is 2.01. The highest BCUT2D eigenvalue weighted by Crippen LogP contribution is 2.24. The molecule has 2 rings (SSSR count). The summed E-state index contributed by atoms with van der Waals surface area (Å²) in [6.45, 7) is 1.58. The van der Waals surface area contributed by atoms with E-state index in [-0.39, 0.29) is 17.2 Å². The maximum Gasteiger partial charge on any atom is 0.269 e. The number of aliphatic hydroxyl groups is 1. The first-order valence-corrected chi connectivity index (χ1v) is 7.29. The van der Waals surface area contributed by atoms with Crippen LogP contribution >= 0.6 is 0 Å². The molecule has 1 N–H and O–H groups in total. The molecule has 0 bridgehead atoms. The molecule has 0 spiro atoms. The molecule has 1 fully saturated rings. The van der Waals surface area contributed by atoms with Crippen LogP contribution in [0.5, 0.6) is 0 Å². The van der Waals surface area contributed by atoms with Gasteiger partial charge in [0.25, 0.3) is 5.69 Å². The number of nitro benzene ring substituents is 1. The topological polar surface area (TPSA) is 66.6 Å². The van der Waals surface area contributed by atoms with Gasteiger partial charge in [-0.25, -0.2) is 0 Å². The van der Waals surface area contributed by atoms with Crippen molar-refractivity contribution in [2.45, 2.75) is 44.7 Å². The molecule has 1 saturated carbocycles. The molecule has 1 aromatic carbocycles. The molecule has 0 aliphatic heterocycles. The smallest absolute Gasteiger partial charge is 0.269 e. The number of nitrogens with zero attached hydrogens (tertiary/aromatic N) is 2. The van der Waals surface area contributed by atoms with Crippen LogP contribution < -0.4 is 0 Å². The molecule has 0 amide bonds. The van der Waals surface area contributed by atoms with Crippen molar-refractivity contribution in [3.8, 4) is 0 Å². The second kappa shape index (κ2) is 7.36. The zero-order valence-corrected chi connectivity index (χ0v) is 11.7. The molecule has 110 valence electrons. The van der Waals surface area contributed by atoms with Gasteiger partial charge in [-0.2, -0.15) is 0 Å². The van der Waals surface area contributed by atoms with Gasteiger partial charge < -0.3 is 5.11 Å². The van der Waals surface area contributed by atoms with E-state index in [9.17, 15) is 15.2 Å². The first-order chi connectivity index (χ1) is 9.70. The summed E-state index contributed by atoms with van der Waals surface area (Å²) in [5.74, 6) is 0. The van der Waals surface area contributed by atoms with Crippen LogP contribution in [0.3, 0.4) is 0 Å². The molecular weight excluding hydrogens is 256 g/mol. The van der Waals surface area contributed by atoms with Crippen LogP contribution in [0.25, 0.3) is 0 Å². The van der Waals surface area contributed by atoms with Crippen molar-refractivity contribution in [1.29, 1.82) is 0 Å². The van der Waals surface area contributed by atoms with Gasteiger partial charge >= 0.3 is 0 Å². The van der Waals surface area contributed by atoms with Crippen LogP contribution in [0.2, 0.25) is 0 Å². The van der Waals surface area contributed by atoms with E-state index in [2.05, 4.69) is 4.90 Å². The predicted octanol–water partition coefficient (Wildman–Crippen LogP) is 2.72. The van der Waals surface area contributed by atoms with Crippen LogP contribution in [0.1, 0.15) is 37.7 Å². The van der Waals surface area contributed by atoms with Crippen molar-refractivity contribution in [2.24, 2.45) is 0 Å². The largest absolute Gasteiger partial charge is 0.395 e. The number of rotatable bonds is 6. The third-order valence-electron chi connectivity index (χ3n) is 4.01. The molecule has 1 aromatic rings. The number of nitro groups is 1. The van der Waals surface area contributed by atoms with Crippen molar-refractivity contribution in [3.05, 3.63) is 39.9 Å². The standard InChI is InChI=1S/C15H22N2O3/c18-11-10-16(14-4-2-1-3-5-14)12-13-6-8-15(9-7-13)17(19)20/h6-9,14,18H,1-5,10-12H2. The summed E-state index contributed by atoms with van der Waals surface area (Å²) in [5, 5.41) is 19.9. The lowest BCUT2D eigenvalue weighted by molar-refractivity contribution is -0.384. The van der Waals surface area contributed by atoms with Gasteiger partial charge in [-0.05, 0) is 18.4 Å². The fourth-order valence-electron chi connectivity index (χ4n) is 2.92. The minimum atomic E-state index is -0.379. The molecule has 0 atom stereocenters. The second-order valence-electron chi connectivity index (χ2n) is 5.41. The molecular formula is C15H22N2O3. The molecule has 5 nitrogen and oxygen atoms in total. The number of benzene rings is 1. The van der Waals surface area contributed by atoms with Crippen molar-refractivity contribution in [2.75, 3.05) is 13.2 Å². The fraction of sp³-hybridized carbons (Fsp3) is 0.600. The molecule has 20 heavy (non-hydrogen) atoms. The van der Waals surface area contributed by atoms with Gasteiger partial charge in [0.1, 0.15) is 0 Å².